The van der Waals surface area contributed by atoms with E-state index in [4.69, 9.17) is 11.6 Å². The second-order valence-corrected chi connectivity index (χ2v) is 10.3. The number of nitrogens with zero attached hydrogens (tertiary/aromatic N) is 6. The molecular formula is C18H21ClN6O2S2. The summed E-state index contributed by atoms with van der Waals surface area (Å²) in [6, 6.07) is 6.35. The average Bonchev–Trinajstić information content (AvgIpc) is 3.22. The number of thioether (sulfide) groups is 1. The third-order valence-corrected chi connectivity index (χ3v) is 7.94. The molecule has 2 aromatic heterocycles. The van der Waals surface area contributed by atoms with E-state index in [1.54, 1.807) is 30.0 Å². The number of sulfonamides is 1. The fourth-order valence-corrected chi connectivity index (χ4v) is 5.85. The first-order valence-corrected chi connectivity index (χ1v) is 12.0. The van der Waals surface area contributed by atoms with Crippen LogP contribution in [0.25, 0.3) is 11.5 Å². The van der Waals surface area contributed by atoms with E-state index in [1.165, 1.54) is 10.4 Å². The van der Waals surface area contributed by atoms with Gasteiger partial charge < -0.3 is 4.57 Å². The Morgan fingerprint density at radius 1 is 1.24 bits per heavy atom. The van der Waals surface area contributed by atoms with E-state index in [9.17, 15) is 8.42 Å². The molecule has 0 bridgehead atoms. The number of fused-ring (bicyclic) bond motifs is 1. The Balaban J connectivity index is 1.73. The molecule has 0 fully saturated rings. The van der Waals surface area contributed by atoms with Crippen molar-refractivity contribution in [3.05, 3.63) is 40.5 Å². The van der Waals surface area contributed by atoms with Crippen LogP contribution in [0.5, 0.6) is 0 Å². The van der Waals surface area contributed by atoms with Gasteiger partial charge in [-0.05, 0) is 24.0 Å². The maximum atomic E-state index is 13.2. The lowest BCUT2D eigenvalue weighted by molar-refractivity contribution is 0.386. The third-order valence-electron chi connectivity index (χ3n) is 4.96. The van der Waals surface area contributed by atoms with E-state index < -0.39 is 10.0 Å². The molecule has 0 radical (unpaired) electrons. The van der Waals surface area contributed by atoms with Crippen molar-refractivity contribution in [3.8, 4) is 11.5 Å². The first-order chi connectivity index (χ1) is 13.8. The second-order valence-electron chi connectivity index (χ2n) is 6.74. The van der Waals surface area contributed by atoms with Crippen molar-refractivity contribution in [1.29, 1.82) is 0 Å². The molecule has 11 heteroatoms. The molecule has 4 rings (SSSR count). The summed E-state index contributed by atoms with van der Waals surface area (Å²) in [5.74, 6) is 1.53. The van der Waals surface area contributed by atoms with Crippen molar-refractivity contribution < 1.29 is 8.42 Å². The summed E-state index contributed by atoms with van der Waals surface area (Å²) in [4.78, 5) is 0.194. The molecule has 0 atom stereocenters. The lowest BCUT2D eigenvalue weighted by atomic mass is 10.1. The van der Waals surface area contributed by atoms with Crippen molar-refractivity contribution in [1.82, 2.24) is 28.9 Å². The molecule has 1 aliphatic heterocycles. The summed E-state index contributed by atoms with van der Waals surface area (Å²) in [5.41, 5.74) is 2.56. The zero-order valence-corrected chi connectivity index (χ0v) is 18.7. The molecule has 0 saturated heterocycles. The molecule has 154 valence electrons. The molecule has 0 spiro atoms. The van der Waals surface area contributed by atoms with Crippen LogP contribution in [0.3, 0.4) is 0 Å². The lowest BCUT2D eigenvalue weighted by Gasteiger charge is -2.27. The largest absolute Gasteiger partial charge is 0.304 e. The molecule has 29 heavy (non-hydrogen) atoms. The van der Waals surface area contributed by atoms with Gasteiger partial charge in [0.25, 0.3) is 0 Å². The minimum absolute atomic E-state index is 0.194. The fraction of sp³-hybridized carbons (Fsp3) is 0.389. The molecule has 1 aromatic carbocycles. The first kappa shape index (κ1) is 20.4. The molecule has 0 unspecified atom stereocenters. The van der Waals surface area contributed by atoms with E-state index in [2.05, 4.69) is 22.2 Å². The lowest BCUT2D eigenvalue weighted by Crippen LogP contribution is -2.36. The smallest absolute Gasteiger partial charge is 0.243 e. The highest BCUT2D eigenvalue weighted by Gasteiger charge is 2.33. The van der Waals surface area contributed by atoms with Crippen LogP contribution < -0.4 is 0 Å². The number of halogens is 1. The van der Waals surface area contributed by atoms with Crippen LogP contribution in [0.15, 0.2) is 34.3 Å². The van der Waals surface area contributed by atoms with Crippen LogP contribution in [0.1, 0.15) is 18.2 Å². The summed E-state index contributed by atoms with van der Waals surface area (Å²) in [5, 5.41) is 14.4. The Morgan fingerprint density at radius 3 is 2.76 bits per heavy atom. The van der Waals surface area contributed by atoms with E-state index in [-0.39, 0.29) is 11.4 Å². The number of benzene rings is 1. The van der Waals surface area contributed by atoms with E-state index in [0.717, 1.165) is 22.2 Å². The van der Waals surface area contributed by atoms with Gasteiger partial charge in [0, 0.05) is 49.9 Å². The van der Waals surface area contributed by atoms with Crippen LogP contribution in [0, 0.1) is 0 Å². The number of aryl methyl sites for hydroxylation is 1. The van der Waals surface area contributed by atoms with Gasteiger partial charge in [-0.15, -0.1) is 10.2 Å². The van der Waals surface area contributed by atoms with E-state index in [1.807, 2.05) is 23.3 Å². The molecule has 1 aliphatic rings. The Bertz CT molecular complexity index is 1170. The predicted octanol–water partition coefficient (Wildman–Crippen LogP) is 2.73. The molecule has 3 heterocycles. The van der Waals surface area contributed by atoms with Gasteiger partial charge in [0.05, 0.1) is 4.90 Å². The van der Waals surface area contributed by atoms with Crippen LogP contribution in [0.4, 0.5) is 0 Å². The summed E-state index contributed by atoms with van der Waals surface area (Å²) in [6.07, 6.45) is 0.576. The maximum Gasteiger partial charge on any atom is 0.243 e. The Hall–Kier alpha value is -1.88. The number of aromatic nitrogens is 5. The number of rotatable bonds is 5. The van der Waals surface area contributed by atoms with Gasteiger partial charge in [-0.3, -0.25) is 4.68 Å². The minimum atomic E-state index is -3.67. The van der Waals surface area contributed by atoms with Gasteiger partial charge >= 0.3 is 0 Å². The SMILES string of the molecule is CCSc1nnc(-c2nn(C)c3c2CN(S(=O)(=O)c2cccc(Cl)c2)CC3)n1C. The van der Waals surface area contributed by atoms with Gasteiger partial charge in [0.1, 0.15) is 5.69 Å². The number of hydrogen-bond donors (Lipinski definition) is 0. The van der Waals surface area contributed by atoms with Crippen LogP contribution >= 0.6 is 23.4 Å². The van der Waals surface area contributed by atoms with Gasteiger partial charge in [-0.1, -0.05) is 36.4 Å². The normalized spacial score (nSPS) is 14.9. The quantitative estimate of drug-likeness (QED) is 0.553. The van der Waals surface area contributed by atoms with Crippen LogP contribution in [-0.2, 0) is 37.1 Å². The Morgan fingerprint density at radius 2 is 2.03 bits per heavy atom. The Kier molecular flexibility index (Phi) is 5.45. The highest BCUT2D eigenvalue weighted by molar-refractivity contribution is 7.99. The topological polar surface area (TPSA) is 85.9 Å². The number of hydrogen-bond acceptors (Lipinski definition) is 6. The van der Waals surface area contributed by atoms with Gasteiger partial charge in [0.15, 0.2) is 11.0 Å². The van der Waals surface area contributed by atoms with Gasteiger partial charge in [-0.25, -0.2) is 8.42 Å². The zero-order chi connectivity index (χ0) is 20.8. The second kappa shape index (κ2) is 7.75. The molecule has 3 aromatic rings. The molecule has 8 nitrogen and oxygen atoms in total. The third kappa shape index (κ3) is 3.58. The van der Waals surface area contributed by atoms with Gasteiger partial charge in [0.2, 0.25) is 10.0 Å². The predicted molar refractivity (Wildman–Crippen MR) is 112 cm³/mol. The van der Waals surface area contributed by atoms with Gasteiger partial charge in [-0.2, -0.15) is 9.40 Å². The Labute approximate surface area is 178 Å². The monoisotopic (exact) mass is 452 g/mol. The minimum Gasteiger partial charge on any atom is -0.304 e. The molecule has 0 aliphatic carbocycles. The van der Waals surface area contributed by atoms with E-state index in [0.29, 0.717) is 29.5 Å². The highest BCUT2D eigenvalue weighted by Crippen LogP contribution is 2.32. The molecule has 0 amide bonds. The zero-order valence-electron chi connectivity index (χ0n) is 16.3. The van der Waals surface area contributed by atoms with E-state index >= 15 is 0 Å². The first-order valence-electron chi connectivity index (χ1n) is 9.16. The summed E-state index contributed by atoms with van der Waals surface area (Å²) in [6.45, 7) is 2.67. The molecule has 0 N–H and O–H groups in total. The molecular weight excluding hydrogens is 432 g/mol. The van der Waals surface area contributed by atoms with Crippen LogP contribution in [0.2, 0.25) is 5.02 Å². The van der Waals surface area contributed by atoms with Crippen molar-refractivity contribution in [2.45, 2.75) is 29.9 Å². The average molecular weight is 453 g/mol. The fourth-order valence-electron chi connectivity index (χ4n) is 3.50. The van der Waals surface area contributed by atoms with Crippen molar-refractivity contribution in [2.75, 3.05) is 12.3 Å². The van der Waals surface area contributed by atoms with Crippen molar-refractivity contribution >= 4 is 33.4 Å². The van der Waals surface area contributed by atoms with Crippen LogP contribution in [-0.4, -0.2) is 49.6 Å². The highest BCUT2D eigenvalue weighted by atomic mass is 35.5. The molecule has 0 saturated carbocycles. The summed E-state index contributed by atoms with van der Waals surface area (Å²) < 4.78 is 31.5. The van der Waals surface area contributed by atoms with Crippen molar-refractivity contribution in [2.24, 2.45) is 14.1 Å². The summed E-state index contributed by atoms with van der Waals surface area (Å²) >= 11 is 7.61. The maximum absolute atomic E-state index is 13.2. The van der Waals surface area contributed by atoms with Crippen molar-refractivity contribution in [3.63, 3.8) is 0 Å². The summed E-state index contributed by atoms with van der Waals surface area (Å²) in [7, 11) is 0.111. The standard InChI is InChI=1S/C18H21ClN6O2S2/c1-4-28-18-21-20-17(23(18)2)16-14-11-25(9-8-15(14)24(3)22-16)29(26,27)13-7-5-6-12(19)10-13/h5-7,10H,4,8-9,11H2,1-3H3.